The standard InChI is InChI=1S/C30H33N5O14S2/c1-17(49-39)48-20-6-4-19(5-7-20)32-33-23-15-26(47-11-3-9-37)24(16-25(23)46-10-2-8-36)34-35-29-28(51(43,44)45)13-18-12-27(50(40,41)42)22(31)14-21(18)30(29)38/h4-7,12-16,36-39,43-45H,1-3,8-11,31H2,(H,40,41,42). The maximum atomic E-state index is 11.8. The van der Waals surface area contributed by atoms with E-state index in [1.54, 1.807) is 0 Å². The Hall–Kier alpha value is -5.10. The average Bonchev–Trinajstić information content (AvgIpc) is 3.07. The van der Waals surface area contributed by atoms with Gasteiger partial charge >= 0.3 is 5.95 Å². The van der Waals surface area contributed by atoms with Crippen LogP contribution in [-0.2, 0) is 15.0 Å². The first kappa shape index (κ1) is 38.7. The number of anilines is 1. The lowest BCUT2D eigenvalue weighted by atomic mass is 10.1. The Morgan fingerprint density at radius 3 is 1.84 bits per heavy atom. The zero-order valence-electron chi connectivity index (χ0n) is 26.4. The molecule has 0 saturated carbocycles. The Labute approximate surface area is 291 Å². The van der Waals surface area contributed by atoms with Crippen LogP contribution in [0.1, 0.15) is 12.8 Å². The first-order chi connectivity index (χ1) is 24.2. The third kappa shape index (κ3) is 10.0. The van der Waals surface area contributed by atoms with Gasteiger partial charge in [0.15, 0.2) is 5.75 Å². The van der Waals surface area contributed by atoms with Crippen molar-refractivity contribution in [3.05, 3.63) is 67.1 Å². The van der Waals surface area contributed by atoms with E-state index >= 15 is 0 Å². The van der Waals surface area contributed by atoms with E-state index < -0.39 is 47.9 Å². The number of fused-ring (bicyclic) bond motifs is 1. The number of phenolic OH excluding ortho intramolecular Hbond substituents is 1. The largest absolute Gasteiger partial charge is 0.505 e. The molecule has 0 heterocycles. The molecule has 4 aromatic carbocycles. The van der Waals surface area contributed by atoms with E-state index in [2.05, 4.69) is 31.9 Å². The molecule has 0 atom stereocenters. The van der Waals surface area contributed by atoms with Gasteiger partial charge in [-0.1, -0.05) is 0 Å². The van der Waals surface area contributed by atoms with Crippen molar-refractivity contribution in [2.24, 2.45) is 20.5 Å². The summed E-state index contributed by atoms with van der Waals surface area (Å²) >= 11 is 0. The molecule has 0 spiro atoms. The highest BCUT2D eigenvalue weighted by Crippen LogP contribution is 2.55. The van der Waals surface area contributed by atoms with E-state index in [9.17, 15) is 41.9 Å². The number of ether oxygens (including phenoxy) is 3. The highest BCUT2D eigenvalue weighted by molar-refractivity contribution is 8.19. The van der Waals surface area contributed by atoms with Gasteiger partial charge in [-0.2, -0.15) is 18.8 Å². The highest BCUT2D eigenvalue weighted by atomic mass is 32.3. The van der Waals surface area contributed by atoms with Crippen LogP contribution >= 0.6 is 10.9 Å². The topological polar surface area (TPSA) is 308 Å². The van der Waals surface area contributed by atoms with Crippen LogP contribution in [-0.4, -0.2) is 73.6 Å². The summed E-state index contributed by atoms with van der Waals surface area (Å²) in [7, 11) is -9.45. The molecule has 0 aliphatic carbocycles. The number of nitrogens with zero attached hydrogens (tertiary/aromatic N) is 4. The van der Waals surface area contributed by atoms with Crippen LogP contribution in [0.2, 0.25) is 0 Å². The molecular formula is C30H33N5O14S2. The van der Waals surface area contributed by atoms with Crippen LogP contribution in [0.15, 0.2) is 97.4 Å². The molecule has 0 aromatic heterocycles. The van der Waals surface area contributed by atoms with Gasteiger partial charge in [-0.25, -0.2) is 0 Å². The third-order valence-corrected chi connectivity index (χ3v) is 8.43. The van der Waals surface area contributed by atoms with Crippen molar-refractivity contribution >= 4 is 60.2 Å². The van der Waals surface area contributed by atoms with Gasteiger partial charge in [0.2, 0.25) is 0 Å². The molecule has 21 heteroatoms. The van der Waals surface area contributed by atoms with E-state index in [1.807, 2.05) is 0 Å². The number of nitrogens with two attached hydrogens (primary N) is 1. The smallest absolute Gasteiger partial charge is 0.314 e. The van der Waals surface area contributed by atoms with Gasteiger partial charge in [0.1, 0.15) is 50.1 Å². The van der Waals surface area contributed by atoms with Crippen molar-refractivity contribution in [3.63, 3.8) is 0 Å². The fraction of sp³-hybridized carbons (Fsp3) is 0.200. The molecule has 0 radical (unpaired) electrons. The molecule has 0 fully saturated rings. The van der Waals surface area contributed by atoms with Gasteiger partial charge in [-0.05, 0) is 54.4 Å². The number of rotatable bonds is 17. The maximum absolute atomic E-state index is 11.8. The lowest BCUT2D eigenvalue weighted by Gasteiger charge is -2.22. The molecule has 0 aliphatic heterocycles. The van der Waals surface area contributed by atoms with Crippen molar-refractivity contribution in [2.45, 2.75) is 22.6 Å². The minimum Gasteiger partial charge on any atom is -0.505 e. The Morgan fingerprint density at radius 1 is 0.784 bits per heavy atom. The van der Waals surface area contributed by atoms with E-state index in [0.29, 0.717) is 5.69 Å². The monoisotopic (exact) mass is 751 g/mol. The van der Waals surface area contributed by atoms with Gasteiger partial charge in [-0.3, -0.25) is 4.55 Å². The van der Waals surface area contributed by atoms with Crippen LogP contribution in [0, 0.1) is 0 Å². The van der Waals surface area contributed by atoms with Gasteiger partial charge in [0.25, 0.3) is 10.1 Å². The van der Waals surface area contributed by atoms with E-state index in [4.69, 9.17) is 25.2 Å². The zero-order chi connectivity index (χ0) is 37.3. The first-order valence-electron chi connectivity index (χ1n) is 14.5. The van der Waals surface area contributed by atoms with Gasteiger partial charge in [-0.15, -0.1) is 15.3 Å². The van der Waals surface area contributed by atoms with Crippen LogP contribution in [0.3, 0.4) is 0 Å². The first-order valence-corrected chi connectivity index (χ1v) is 17.4. The second-order valence-electron chi connectivity index (χ2n) is 10.3. The minimum atomic E-state index is -4.82. The van der Waals surface area contributed by atoms with Crippen molar-refractivity contribution in [2.75, 3.05) is 32.2 Å². The predicted molar refractivity (Wildman–Crippen MR) is 183 cm³/mol. The van der Waals surface area contributed by atoms with Crippen LogP contribution in [0.5, 0.6) is 23.0 Å². The summed E-state index contributed by atoms with van der Waals surface area (Å²) in [5, 5.41) is 54.5. The molecular weight excluding hydrogens is 718 g/mol. The molecule has 19 nitrogen and oxygen atoms in total. The summed E-state index contributed by atoms with van der Waals surface area (Å²) in [5.74, 6) is -0.764. The molecule has 274 valence electrons. The molecule has 10 N–H and O–H groups in total. The second-order valence-corrected chi connectivity index (χ2v) is 13.1. The molecule has 4 aromatic rings. The fourth-order valence-electron chi connectivity index (χ4n) is 4.29. The molecule has 0 amide bonds. The average molecular weight is 752 g/mol. The number of benzene rings is 4. The van der Waals surface area contributed by atoms with Crippen molar-refractivity contribution in [1.82, 2.24) is 0 Å². The van der Waals surface area contributed by atoms with E-state index in [0.717, 1.165) is 18.2 Å². The highest BCUT2D eigenvalue weighted by Gasteiger charge is 2.27. The third-order valence-electron chi connectivity index (χ3n) is 6.62. The number of hydrogen-bond acceptors (Lipinski definition) is 18. The summed E-state index contributed by atoms with van der Waals surface area (Å²) in [6.07, 6.45) is 0.440. The quantitative estimate of drug-likeness (QED) is 0.0104. The number of aliphatic hydroxyl groups is 2. The SMILES string of the molecule is C=C(OO)Oc1ccc(N=Nc2cc(OCCCO)c(N=Nc3c(S(O)(O)O)cc4cc(S(=O)(=O)O)c(N)cc4c3O)cc2OCCCO)cc1. The summed E-state index contributed by atoms with van der Waals surface area (Å²) in [6, 6.07) is 11.6. The van der Waals surface area contributed by atoms with E-state index in [-0.39, 0.29) is 84.6 Å². The molecule has 0 bridgehead atoms. The van der Waals surface area contributed by atoms with Gasteiger partial charge in [0.05, 0.1) is 29.5 Å². The lowest BCUT2D eigenvalue weighted by Crippen LogP contribution is -2.03. The molecule has 0 saturated heterocycles. The zero-order valence-corrected chi connectivity index (χ0v) is 28.0. The van der Waals surface area contributed by atoms with Crippen LogP contribution in [0.25, 0.3) is 10.8 Å². The normalized spacial score (nSPS) is 12.5. The number of nitrogen functional groups attached to an aromatic ring is 1. The minimum absolute atomic E-state index is 0.0103. The van der Waals surface area contributed by atoms with Crippen molar-refractivity contribution in [1.29, 1.82) is 0 Å². The molecule has 51 heavy (non-hydrogen) atoms. The van der Waals surface area contributed by atoms with Crippen molar-refractivity contribution < 1.29 is 66.3 Å². The van der Waals surface area contributed by atoms with Crippen LogP contribution in [0.4, 0.5) is 28.4 Å². The molecule has 4 rings (SSSR count). The van der Waals surface area contributed by atoms with E-state index in [1.165, 1.54) is 36.4 Å². The molecule has 0 unspecified atom stereocenters. The Bertz CT molecular complexity index is 2050. The summed E-state index contributed by atoms with van der Waals surface area (Å²) < 4.78 is 80.4. The number of azo groups is 2. The summed E-state index contributed by atoms with van der Waals surface area (Å²) in [5.41, 5.74) is 5.10. The predicted octanol–water partition coefficient (Wildman–Crippen LogP) is 6.65. The van der Waals surface area contributed by atoms with Crippen LogP contribution < -0.4 is 19.9 Å². The van der Waals surface area contributed by atoms with Gasteiger partial charge in [0, 0.05) is 43.6 Å². The molecule has 0 aliphatic rings. The second kappa shape index (κ2) is 16.7. The lowest BCUT2D eigenvalue weighted by molar-refractivity contribution is -0.230. The number of hydrogen-bond donors (Lipinski definition) is 9. The number of aliphatic hydroxyl groups excluding tert-OH is 2. The maximum Gasteiger partial charge on any atom is 0.314 e. The number of aromatic hydroxyl groups is 1. The Balaban J connectivity index is 1.83. The van der Waals surface area contributed by atoms with Crippen molar-refractivity contribution in [3.8, 4) is 23.0 Å². The summed E-state index contributed by atoms with van der Waals surface area (Å²) in [4.78, 5) is 2.42. The number of phenols is 1. The Morgan fingerprint density at radius 2 is 1.33 bits per heavy atom. The summed E-state index contributed by atoms with van der Waals surface area (Å²) in [6.45, 7) is 2.95. The fourth-order valence-corrected chi connectivity index (χ4v) is 5.60. The van der Waals surface area contributed by atoms with Gasteiger partial charge < -0.3 is 53.8 Å². The Kier molecular flexibility index (Phi) is 12.7.